The van der Waals surface area contributed by atoms with E-state index in [9.17, 15) is 19.2 Å². The number of nitrogens with one attached hydrogen (secondary N) is 1. The van der Waals surface area contributed by atoms with Crippen molar-refractivity contribution in [2.24, 2.45) is 0 Å². The molecule has 1 saturated heterocycles. The fourth-order valence-corrected chi connectivity index (χ4v) is 3.89. The lowest BCUT2D eigenvalue weighted by Gasteiger charge is -2.19. The number of nitrogens with zero attached hydrogens (tertiary/aromatic N) is 1. The summed E-state index contributed by atoms with van der Waals surface area (Å²) in [5.41, 5.74) is 0.405. The third-order valence-electron chi connectivity index (χ3n) is 5.69. The number of benzene rings is 1. The van der Waals surface area contributed by atoms with Gasteiger partial charge in [0.05, 0.1) is 6.10 Å². The third kappa shape index (κ3) is 5.38. The number of aromatic amines is 1. The largest absolute Gasteiger partial charge is 0.460 e. The van der Waals surface area contributed by atoms with Gasteiger partial charge in [-0.2, -0.15) is 0 Å². The van der Waals surface area contributed by atoms with E-state index < -0.39 is 35.7 Å². The Hall–Kier alpha value is -3.00. The number of aryl methyl sites for hydroxylation is 1. The standard InChI is InChI=1S/C23H28N2O6/c1-4-16-13-25(23(29)24-22(16)28)21-12-20(30-15(3)26)19(31-21)11-10-18(27)14(2)17-8-6-5-7-9-17/h5-9,13-14,19-21H,4,10-12H2,1-3H3,(H,24,28,29)/t14?,19-,20+,21-/m1/s1. The normalized spacial score (nSPS) is 21.6. The first-order valence-electron chi connectivity index (χ1n) is 10.5. The lowest BCUT2D eigenvalue weighted by molar-refractivity contribution is -0.149. The van der Waals surface area contributed by atoms with Gasteiger partial charge >= 0.3 is 11.7 Å². The van der Waals surface area contributed by atoms with Crippen LogP contribution < -0.4 is 11.2 Å². The second-order valence-electron chi connectivity index (χ2n) is 7.82. The molecule has 166 valence electrons. The van der Waals surface area contributed by atoms with Gasteiger partial charge < -0.3 is 9.47 Å². The maximum atomic E-state index is 12.7. The zero-order valence-corrected chi connectivity index (χ0v) is 18.0. The number of hydrogen-bond acceptors (Lipinski definition) is 6. The molecule has 8 heteroatoms. The minimum Gasteiger partial charge on any atom is -0.460 e. The molecule has 1 aliphatic rings. The zero-order valence-electron chi connectivity index (χ0n) is 18.0. The van der Waals surface area contributed by atoms with E-state index >= 15 is 0 Å². The molecule has 0 saturated carbocycles. The van der Waals surface area contributed by atoms with Gasteiger partial charge in [-0.1, -0.05) is 44.2 Å². The van der Waals surface area contributed by atoms with E-state index in [0.29, 0.717) is 18.4 Å². The zero-order chi connectivity index (χ0) is 22.5. The number of ether oxygens (including phenoxy) is 2. The predicted molar refractivity (Wildman–Crippen MR) is 114 cm³/mol. The van der Waals surface area contributed by atoms with Crippen molar-refractivity contribution in [3.8, 4) is 0 Å². The highest BCUT2D eigenvalue weighted by atomic mass is 16.6. The van der Waals surface area contributed by atoms with Gasteiger partial charge in [0.1, 0.15) is 18.1 Å². The van der Waals surface area contributed by atoms with Gasteiger partial charge in [0.2, 0.25) is 0 Å². The summed E-state index contributed by atoms with van der Waals surface area (Å²) in [6, 6.07) is 9.53. The molecule has 0 radical (unpaired) electrons. The minimum atomic E-state index is -0.689. The van der Waals surface area contributed by atoms with Crippen LogP contribution in [0.25, 0.3) is 0 Å². The summed E-state index contributed by atoms with van der Waals surface area (Å²) < 4.78 is 12.8. The van der Waals surface area contributed by atoms with E-state index in [1.807, 2.05) is 44.2 Å². The second-order valence-corrected chi connectivity index (χ2v) is 7.82. The van der Waals surface area contributed by atoms with Crippen LogP contribution in [0.15, 0.2) is 46.1 Å². The van der Waals surface area contributed by atoms with Crippen molar-refractivity contribution in [1.29, 1.82) is 0 Å². The molecule has 31 heavy (non-hydrogen) atoms. The maximum Gasteiger partial charge on any atom is 0.330 e. The highest BCUT2D eigenvalue weighted by Gasteiger charge is 2.39. The fourth-order valence-electron chi connectivity index (χ4n) is 3.89. The third-order valence-corrected chi connectivity index (χ3v) is 5.69. The van der Waals surface area contributed by atoms with Gasteiger partial charge in [-0.15, -0.1) is 0 Å². The van der Waals surface area contributed by atoms with Crippen LogP contribution in [-0.2, 0) is 25.5 Å². The van der Waals surface area contributed by atoms with Crippen molar-refractivity contribution < 1.29 is 19.1 Å². The molecule has 2 heterocycles. The lowest BCUT2D eigenvalue weighted by Crippen LogP contribution is -2.34. The van der Waals surface area contributed by atoms with Gasteiger partial charge in [-0.3, -0.25) is 23.9 Å². The summed E-state index contributed by atoms with van der Waals surface area (Å²) in [5.74, 6) is -0.639. The van der Waals surface area contributed by atoms with E-state index in [4.69, 9.17) is 9.47 Å². The summed E-state index contributed by atoms with van der Waals surface area (Å²) in [7, 11) is 0. The number of carbonyl (C=O) groups is 2. The fraction of sp³-hybridized carbons (Fsp3) is 0.478. The van der Waals surface area contributed by atoms with Gasteiger partial charge in [0.25, 0.3) is 5.56 Å². The molecule has 8 nitrogen and oxygen atoms in total. The van der Waals surface area contributed by atoms with E-state index in [-0.39, 0.29) is 24.5 Å². The maximum absolute atomic E-state index is 12.7. The number of esters is 1. The first-order valence-corrected chi connectivity index (χ1v) is 10.5. The van der Waals surface area contributed by atoms with E-state index in [1.54, 1.807) is 0 Å². The number of aromatic nitrogens is 2. The SMILES string of the molecule is CCc1cn([C@H]2C[C@H](OC(C)=O)[C@@H](CCC(=O)C(C)c3ccccc3)O2)c(=O)[nH]c1=O. The number of Topliss-reactive ketones (excluding diaryl/α,β-unsaturated/α-hetero) is 1. The first kappa shape index (κ1) is 22.7. The van der Waals surface area contributed by atoms with E-state index in [2.05, 4.69) is 4.98 Å². The monoisotopic (exact) mass is 428 g/mol. The molecule has 1 N–H and O–H groups in total. The Labute approximate surface area is 180 Å². The lowest BCUT2D eigenvalue weighted by atomic mass is 9.93. The molecule has 0 aliphatic carbocycles. The van der Waals surface area contributed by atoms with Gasteiger partial charge in [-0.25, -0.2) is 4.79 Å². The first-order chi connectivity index (χ1) is 14.8. The average Bonchev–Trinajstić information content (AvgIpc) is 3.13. The highest BCUT2D eigenvalue weighted by molar-refractivity contribution is 5.85. The summed E-state index contributed by atoms with van der Waals surface area (Å²) in [6.45, 7) is 5.00. The Morgan fingerprint density at radius 1 is 1.26 bits per heavy atom. The molecule has 0 amide bonds. The predicted octanol–water partition coefficient (Wildman–Crippen LogP) is 2.47. The Kier molecular flexibility index (Phi) is 7.22. The number of carbonyl (C=O) groups excluding carboxylic acids is 2. The second kappa shape index (κ2) is 9.87. The molecule has 1 aromatic heterocycles. The molecule has 1 fully saturated rings. The molecular formula is C23H28N2O6. The minimum absolute atomic E-state index is 0.0642. The molecule has 4 atom stereocenters. The molecule has 3 rings (SSSR count). The Morgan fingerprint density at radius 2 is 1.97 bits per heavy atom. The number of ketones is 1. The Bertz CT molecular complexity index is 1040. The number of rotatable bonds is 8. The molecule has 1 unspecified atom stereocenters. The van der Waals surface area contributed by atoms with Crippen LogP contribution in [0.1, 0.15) is 63.3 Å². The van der Waals surface area contributed by atoms with Crippen molar-refractivity contribution in [2.45, 2.75) is 70.8 Å². The molecule has 1 aromatic carbocycles. The molecule has 0 spiro atoms. The van der Waals surface area contributed by atoms with Crippen molar-refractivity contribution in [3.63, 3.8) is 0 Å². The number of hydrogen-bond donors (Lipinski definition) is 1. The summed E-state index contributed by atoms with van der Waals surface area (Å²) in [5, 5.41) is 0. The van der Waals surface area contributed by atoms with Crippen LogP contribution in [0, 0.1) is 0 Å². The van der Waals surface area contributed by atoms with Crippen LogP contribution in [0.2, 0.25) is 0 Å². The Balaban J connectivity index is 1.73. The van der Waals surface area contributed by atoms with Crippen molar-refractivity contribution >= 4 is 11.8 Å². The Morgan fingerprint density at radius 3 is 2.61 bits per heavy atom. The molecule has 2 aromatic rings. The quantitative estimate of drug-likeness (QED) is 0.647. The van der Waals surface area contributed by atoms with Crippen LogP contribution in [-0.4, -0.2) is 33.5 Å². The summed E-state index contributed by atoms with van der Waals surface area (Å²) in [6.07, 6.45) is 1.05. The van der Waals surface area contributed by atoms with Crippen molar-refractivity contribution in [1.82, 2.24) is 9.55 Å². The molecule has 1 aliphatic heterocycles. The van der Waals surface area contributed by atoms with Crippen molar-refractivity contribution in [3.05, 3.63) is 68.5 Å². The van der Waals surface area contributed by atoms with Crippen molar-refractivity contribution in [2.75, 3.05) is 0 Å². The van der Waals surface area contributed by atoms with Crippen LogP contribution in [0.4, 0.5) is 0 Å². The highest BCUT2D eigenvalue weighted by Crippen LogP contribution is 2.33. The summed E-state index contributed by atoms with van der Waals surface area (Å²) >= 11 is 0. The smallest absolute Gasteiger partial charge is 0.330 e. The molecular weight excluding hydrogens is 400 g/mol. The van der Waals surface area contributed by atoms with Gasteiger partial charge in [0.15, 0.2) is 0 Å². The van der Waals surface area contributed by atoms with Crippen LogP contribution >= 0.6 is 0 Å². The van der Waals surface area contributed by atoms with Crippen LogP contribution in [0.3, 0.4) is 0 Å². The average molecular weight is 428 g/mol. The van der Waals surface area contributed by atoms with E-state index in [0.717, 1.165) is 5.56 Å². The van der Waals surface area contributed by atoms with E-state index in [1.165, 1.54) is 17.7 Å². The molecule has 0 bridgehead atoms. The van der Waals surface area contributed by atoms with Gasteiger partial charge in [0, 0.05) is 37.4 Å². The van der Waals surface area contributed by atoms with Crippen LogP contribution in [0.5, 0.6) is 0 Å². The topological polar surface area (TPSA) is 107 Å². The van der Waals surface area contributed by atoms with Gasteiger partial charge in [-0.05, 0) is 18.4 Å². The summed E-state index contributed by atoms with van der Waals surface area (Å²) in [4.78, 5) is 50.7. The number of H-pyrrole nitrogens is 1.